The van der Waals surface area contributed by atoms with Gasteiger partial charge in [0.1, 0.15) is 0 Å². The molecule has 0 saturated carbocycles. The Hall–Kier alpha value is -2.36. The highest BCUT2D eigenvalue weighted by atomic mass is 16.4. The maximum Gasteiger partial charge on any atom is 0.335 e. The second kappa shape index (κ2) is 7.94. The first-order valence-corrected chi connectivity index (χ1v) is 6.40. The van der Waals surface area contributed by atoms with Gasteiger partial charge in [-0.1, -0.05) is 24.3 Å². The standard InChI is InChI=1S/C16H19NO3/c1-3-5-13(6-4-2)15(18)17-11-12-7-9-14(10-8-12)16(19)20/h3-4,7-10,13H,1-2,5-6,11H2,(H,17,18)(H,19,20). The summed E-state index contributed by atoms with van der Waals surface area (Å²) >= 11 is 0. The van der Waals surface area contributed by atoms with Gasteiger partial charge in [0.15, 0.2) is 0 Å². The van der Waals surface area contributed by atoms with Crippen LogP contribution in [0.5, 0.6) is 0 Å². The zero-order valence-electron chi connectivity index (χ0n) is 11.3. The van der Waals surface area contributed by atoms with E-state index in [2.05, 4.69) is 18.5 Å². The molecular formula is C16H19NO3. The van der Waals surface area contributed by atoms with E-state index in [4.69, 9.17) is 5.11 Å². The summed E-state index contributed by atoms with van der Waals surface area (Å²) in [5.41, 5.74) is 1.09. The number of carboxylic acid groups (broad SMARTS) is 1. The third-order valence-electron chi connectivity index (χ3n) is 2.94. The molecule has 0 aliphatic heterocycles. The lowest BCUT2D eigenvalue weighted by atomic mass is 10.0. The van der Waals surface area contributed by atoms with Crippen molar-refractivity contribution in [1.82, 2.24) is 5.32 Å². The van der Waals surface area contributed by atoms with Crippen molar-refractivity contribution < 1.29 is 14.7 Å². The fraction of sp³-hybridized carbons (Fsp3) is 0.250. The van der Waals surface area contributed by atoms with Crippen molar-refractivity contribution >= 4 is 11.9 Å². The lowest BCUT2D eigenvalue weighted by Gasteiger charge is -2.13. The van der Waals surface area contributed by atoms with Crippen molar-refractivity contribution in [3.8, 4) is 0 Å². The van der Waals surface area contributed by atoms with Crippen molar-refractivity contribution in [3.05, 3.63) is 60.7 Å². The maximum atomic E-state index is 12.0. The van der Waals surface area contributed by atoms with Crippen molar-refractivity contribution in [1.29, 1.82) is 0 Å². The number of carboxylic acids is 1. The highest BCUT2D eigenvalue weighted by molar-refractivity contribution is 5.87. The van der Waals surface area contributed by atoms with E-state index in [9.17, 15) is 9.59 Å². The molecule has 1 aromatic carbocycles. The van der Waals surface area contributed by atoms with Crippen LogP contribution >= 0.6 is 0 Å². The smallest absolute Gasteiger partial charge is 0.335 e. The summed E-state index contributed by atoms with van der Waals surface area (Å²) in [6, 6.07) is 6.43. The van der Waals surface area contributed by atoms with Crippen LogP contribution in [0.3, 0.4) is 0 Å². The van der Waals surface area contributed by atoms with Gasteiger partial charge in [-0.25, -0.2) is 4.79 Å². The lowest BCUT2D eigenvalue weighted by molar-refractivity contribution is -0.125. The molecule has 0 unspecified atom stereocenters. The first kappa shape index (κ1) is 15.7. The Labute approximate surface area is 118 Å². The molecule has 4 nitrogen and oxygen atoms in total. The molecule has 4 heteroatoms. The third-order valence-corrected chi connectivity index (χ3v) is 2.94. The van der Waals surface area contributed by atoms with Gasteiger partial charge >= 0.3 is 5.97 Å². The number of benzene rings is 1. The van der Waals surface area contributed by atoms with Crippen molar-refractivity contribution in [3.63, 3.8) is 0 Å². The van der Waals surface area contributed by atoms with E-state index in [0.29, 0.717) is 19.4 Å². The molecule has 20 heavy (non-hydrogen) atoms. The molecule has 2 N–H and O–H groups in total. The van der Waals surface area contributed by atoms with Crippen LogP contribution in [0.25, 0.3) is 0 Å². The topological polar surface area (TPSA) is 66.4 Å². The van der Waals surface area contributed by atoms with Gasteiger partial charge in [-0.2, -0.15) is 0 Å². The fourth-order valence-electron chi connectivity index (χ4n) is 1.81. The Kier molecular flexibility index (Phi) is 6.23. The molecule has 0 aliphatic carbocycles. The van der Waals surface area contributed by atoms with Crippen LogP contribution < -0.4 is 5.32 Å². The van der Waals surface area contributed by atoms with E-state index < -0.39 is 5.97 Å². The number of rotatable bonds is 8. The molecule has 0 bridgehead atoms. The molecule has 0 saturated heterocycles. The van der Waals surface area contributed by atoms with E-state index in [1.54, 1.807) is 24.3 Å². The Morgan fingerprint density at radius 2 is 1.70 bits per heavy atom. The predicted molar refractivity (Wildman–Crippen MR) is 78.4 cm³/mol. The third kappa shape index (κ3) is 4.72. The molecule has 0 fully saturated rings. The van der Waals surface area contributed by atoms with Crippen LogP contribution in [0.1, 0.15) is 28.8 Å². The molecule has 1 rings (SSSR count). The number of carbonyl (C=O) groups excluding carboxylic acids is 1. The number of carbonyl (C=O) groups is 2. The van der Waals surface area contributed by atoms with Crippen molar-refractivity contribution in [2.24, 2.45) is 5.92 Å². The minimum atomic E-state index is -0.961. The van der Waals surface area contributed by atoms with Crippen LogP contribution in [0.4, 0.5) is 0 Å². The molecule has 106 valence electrons. The minimum Gasteiger partial charge on any atom is -0.478 e. The number of hydrogen-bond donors (Lipinski definition) is 2. The second-order valence-corrected chi connectivity index (χ2v) is 4.47. The summed E-state index contributed by atoms with van der Waals surface area (Å²) in [6.07, 6.45) is 4.65. The monoisotopic (exact) mass is 273 g/mol. The van der Waals surface area contributed by atoms with Gasteiger partial charge < -0.3 is 10.4 Å². The van der Waals surface area contributed by atoms with Crippen molar-refractivity contribution in [2.75, 3.05) is 0 Å². The summed E-state index contributed by atoms with van der Waals surface area (Å²) in [4.78, 5) is 22.7. The molecule has 1 aromatic rings. The molecule has 1 amide bonds. The zero-order valence-corrected chi connectivity index (χ0v) is 11.3. The van der Waals surface area contributed by atoms with Crippen LogP contribution in [0.2, 0.25) is 0 Å². The van der Waals surface area contributed by atoms with Crippen LogP contribution in [-0.2, 0) is 11.3 Å². The molecule has 0 aromatic heterocycles. The number of amides is 1. The molecular weight excluding hydrogens is 254 g/mol. The predicted octanol–water partition coefficient (Wildman–Crippen LogP) is 2.77. The minimum absolute atomic E-state index is 0.0490. The van der Waals surface area contributed by atoms with Gasteiger partial charge in [-0.05, 0) is 30.5 Å². The van der Waals surface area contributed by atoms with Gasteiger partial charge in [0.25, 0.3) is 0 Å². The summed E-state index contributed by atoms with van der Waals surface area (Å²) in [5, 5.41) is 11.6. The van der Waals surface area contributed by atoms with Crippen LogP contribution in [-0.4, -0.2) is 17.0 Å². The number of aromatic carboxylic acids is 1. The quantitative estimate of drug-likeness (QED) is 0.716. The first-order valence-electron chi connectivity index (χ1n) is 6.40. The van der Waals surface area contributed by atoms with Crippen molar-refractivity contribution in [2.45, 2.75) is 19.4 Å². The van der Waals surface area contributed by atoms with Gasteiger partial charge in [0.2, 0.25) is 5.91 Å². The average Bonchev–Trinajstić information content (AvgIpc) is 2.45. The number of nitrogens with one attached hydrogen (secondary N) is 1. The lowest BCUT2D eigenvalue weighted by Crippen LogP contribution is -2.29. The van der Waals surface area contributed by atoms with E-state index >= 15 is 0 Å². The Bertz CT molecular complexity index is 481. The summed E-state index contributed by atoms with van der Waals surface area (Å²) < 4.78 is 0. The van der Waals surface area contributed by atoms with Gasteiger partial charge in [-0.15, -0.1) is 13.2 Å². The summed E-state index contributed by atoms with van der Waals surface area (Å²) in [6.45, 7) is 7.66. The Morgan fingerprint density at radius 1 is 1.15 bits per heavy atom. The van der Waals surface area contributed by atoms with E-state index in [1.165, 1.54) is 12.1 Å². The highest BCUT2D eigenvalue weighted by Crippen LogP contribution is 2.11. The molecule has 0 atom stereocenters. The number of allylic oxidation sites excluding steroid dienone is 2. The van der Waals surface area contributed by atoms with Crippen LogP contribution in [0.15, 0.2) is 49.6 Å². The van der Waals surface area contributed by atoms with Crippen LogP contribution in [0, 0.1) is 5.92 Å². The average molecular weight is 273 g/mol. The van der Waals surface area contributed by atoms with Gasteiger partial charge in [0, 0.05) is 12.5 Å². The summed E-state index contributed by atoms with van der Waals surface area (Å²) in [7, 11) is 0. The second-order valence-electron chi connectivity index (χ2n) is 4.47. The molecule has 0 radical (unpaired) electrons. The highest BCUT2D eigenvalue weighted by Gasteiger charge is 2.14. The SMILES string of the molecule is C=CCC(CC=C)C(=O)NCc1ccc(C(=O)O)cc1. The number of hydrogen-bond acceptors (Lipinski definition) is 2. The molecule has 0 spiro atoms. The zero-order chi connectivity index (χ0) is 15.0. The molecule has 0 aliphatic rings. The Balaban J connectivity index is 2.56. The van der Waals surface area contributed by atoms with E-state index in [-0.39, 0.29) is 17.4 Å². The maximum absolute atomic E-state index is 12.0. The van der Waals surface area contributed by atoms with Gasteiger partial charge in [-0.3, -0.25) is 4.79 Å². The Morgan fingerprint density at radius 3 is 2.15 bits per heavy atom. The van der Waals surface area contributed by atoms with Gasteiger partial charge in [0.05, 0.1) is 5.56 Å². The molecule has 0 heterocycles. The largest absolute Gasteiger partial charge is 0.478 e. The summed E-state index contributed by atoms with van der Waals surface area (Å²) in [5.74, 6) is -1.16. The van der Waals surface area contributed by atoms with E-state index in [0.717, 1.165) is 5.56 Å². The normalized spacial score (nSPS) is 10.1. The van der Waals surface area contributed by atoms with E-state index in [1.807, 2.05) is 0 Å². The first-order chi connectivity index (χ1) is 9.58. The fourth-order valence-corrected chi connectivity index (χ4v) is 1.81.